The van der Waals surface area contributed by atoms with E-state index in [2.05, 4.69) is 15.8 Å². The molecule has 0 aliphatic rings. The van der Waals surface area contributed by atoms with Crippen molar-refractivity contribution >= 4 is 28.9 Å². The Morgan fingerprint density at radius 3 is 2.19 bits per heavy atom. The summed E-state index contributed by atoms with van der Waals surface area (Å²) in [6, 6.07) is 17.1. The molecule has 0 heterocycles. The molecule has 0 saturated carbocycles. The summed E-state index contributed by atoms with van der Waals surface area (Å²) in [5.41, 5.74) is 4.28. The van der Waals surface area contributed by atoms with Crippen LogP contribution in [0.2, 0.25) is 0 Å². The predicted molar refractivity (Wildman–Crippen MR) is 114 cm³/mol. The molecule has 8 nitrogen and oxygen atoms in total. The molecule has 3 aromatic carbocycles. The summed E-state index contributed by atoms with van der Waals surface area (Å²) in [5, 5.41) is 17.5. The van der Waals surface area contributed by atoms with Gasteiger partial charge in [-0.15, -0.1) is 0 Å². The third kappa shape index (κ3) is 5.57. The number of hydrogen-bond acceptors (Lipinski definition) is 5. The molecule has 2 N–H and O–H groups in total. The number of amides is 2. The van der Waals surface area contributed by atoms with E-state index in [1.165, 1.54) is 60.7 Å². The number of non-ortho nitro benzene ring substituents is 1. The first-order valence-corrected chi connectivity index (χ1v) is 9.10. The van der Waals surface area contributed by atoms with Crippen molar-refractivity contribution in [3.05, 3.63) is 105 Å². The summed E-state index contributed by atoms with van der Waals surface area (Å²) in [6.07, 6.45) is 0. The van der Waals surface area contributed by atoms with E-state index in [0.29, 0.717) is 22.5 Å². The fourth-order valence-corrected chi connectivity index (χ4v) is 2.62. The Bertz CT molecular complexity index is 1160. The zero-order valence-corrected chi connectivity index (χ0v) is 16.3. The number of nitrogens with one attached hydrogen (secondary N) is 2. The van der Waals surface area contributed by atoms with Crippen LogP contribution in [0.3, 0.4) is 0 Å². The molecule has 156 valence electrons. The molecule has 0 aromatic heterocycles. The second kappa shape index (κ2) is 9.40. The number of anilines is 1. The van der Waals surface area contributed by atoms with E-state index < -0.39 is 16.7 Å². The monoisotopic (exact) mass is 420 g/mol. The second-order valence-electron chi connectivity index (χ2n) is 6.48. The van der Waals surface area contributed by atoms with Gasteiger partial charge in [0.15, 0.2) is 0 Å². The highest BCUT2D eigenvalue weighted by atomic mass is 19.1. The third-order valence-electron chi connectivity index (χ3n) is 4.31. The molecule has 2 amide bonds. The van der Waals surface area contributed by atoms with Gasteiger partial charge in [-0.2, -0.15) is 5.10 Å². The number of rotatable bonds is 6. The molecular weight excluding hydrogens is 403 g/mol. The Balaban J connectivity index is 1.63. The van der Waals surface area contributed by atoms with E-state index in [1.807, 2.05) is 0 Å². The van der Waals surface area contributed by atoms with Crippen molar-refractivity contribution < 1.29 is 18.9 Å². The lowest BCUT2D eigenvalue weighted by atomic mass is 10.1. The van der Waals surface area contributed by atoms with Crippen LogP contribution in [0.25, 0.3) is 0 Å². The Labute approximate surface area is 176 Å². The summed E-state index contributed by atoms with van der Waals surface area (Å²) in [7, 11) is 0. The summed E-state index contributed by atoms with van der Waals surface area (Å²) in [5.74, 6) is -1.34. The van der Waals surface area contributed by atoms with Gasteiger partial charge in [0, 0.05) is 28.9 Å². The minimum atomic E-state index is -0.579. The predicted octanol–water partition coefficient (Wildman–Crippen LogP) is 4.14. The highest BCUT2D eigenvalue weighted by Crippen LogP contribution is 2.16. The molecule has 9 heteroatoms. The highest BCUT2D eigenvalue weighted by Gasteiger charge is 2.12. The molecule has 3 rings (SSSR count). The number of halogens is 1. The molecule has 0 atom stereocenters. The Morgan fingerprint density at radius 2 is 1.55 bits per heavy atom. The second-order valence-corrected chi connectivity index (χ2v) is 6.48. The molecular formula is C22H17FN4O4. The zero-order chi connectivity index (χ0) is 22.4. The molecule has 0 bridgehead atoms. The van der Waals surface area contributed by atoms with Crippen molar-refractivity contribution in [1.82, 2.24) is 5.43 Å². The van der Waals surface area contributed by atoms with Crippen molar-refractivity contribution in [2.24, 2.45) is 5.10 Å². The van der Waals surface area contributed by atoms with E-state index >= 15 is 0 Å². The minimum absolute atomic E-state index is 0.140. The topological polar surface area (TPSA) is 114 Å². The lowest BCUT2D eigenvalue weighted by molar-refractivity contribution is -0.384. The van der Waals surface area contributed by atoms with Crippen LogP contribution in [-0.4, -0.2) is 22.4 Å². The molecule has 0 radical (unpaired) electrons. The number of hydrazone groups is 1. The summed E-state index contributed by atoms with van der Waals surface area (Å²) >= 11 is 0. The summed E-state index contributed by atoms with van der Waals surface area (Å²) in [6.45, 7) is 1.68. The number of carbonyl (C=O) groups is 2. The van der Waals surface area contributed by atoms with Crippen molar-refractivity contribution in [3.8, 4) is 0 Å². The highest BCUT2D eigenvalue weighted by molar-refractivity contribution is 6.05. The molecule has 0 spiro atoms. The summed E-state index contributed by atoms with van der Waals surface area (Å²) in [4.78, 5) is 34.8. The third-order valence-corrected chi connectivity index (χ3v) is 4.31. The average Bonchev–Trinajstić information content (AvgIpc) is 2.78. The van der Waals surface area contributed by atoms with Gasteiger partial charge in [-0.1, -0.05) is 18.2 Å². The van der Waals surface area contributed by atoms with Gasteiger partial charge < -0.3 is 5.32 Å². The lowest BCUT2D eigenvalue weighted by Gasteiger charge is -2.07. The van der Waals surface area contributed by atoms with Crippen LogP contribution in [-0.2, 0) is 0 Å². The number of nitro groups is 1. The first-order chi connectivity index (χ1) is 14.8. The van der Waals surface area contributed by atoms with Gasteiger partial charge in [-0.3, -0.25) is 19.7 Å². The van der Waals surface area contributed by atoms with Crippen LogP contribution in [0, 0.1) is 15.9 Å². The van der Waals surface area contributed by atoms with E-state index in [9.17, 15) is 24.1 Å². The first kappa shape index (κ1) is 21.3. The average molecular weight is 420 g/mol. The number of nitrogens with zero attached hydrogens (tertiary/aromatic N) is 2. The molecule has 3 aromatic rings. The quantitative estimate of drug-likeness (QED) is 0.354. The Kier molecular flexibility index (Phi) is 6.46. The van der Waals surface area contributed by atoms with E-state index in [-0.39, 0.29) is 17.1 Å². The maximum absolute atomic E-state index is 13.0. The zero-order valence-electron chi connectivity index (χ0n) is 16.3. The van der Waals surface area contributed by atoms with Gasteiger partial charge in [0.05, 0.1) is 10.6 Å². The minimum Gasteiger partial charge on any atom is -0.322 e. The number of nitro benzene ring substituents is 1. The van der Waals surface area contributed by atoms with Crippen molar-refractivity contribution in [2.75, 3.05) is 5.32 Å². The van der Waals surface area contributed by atoms with Gasteiger partial charge in [0.2, 0.25) is 0 Å². The van der Waals surface area contributed by atoms with Gasteiger partial charge in [0.1, 0.15) is 5.82 Å². The van der Waals surface area contributed by atoms with E-state index in [1.54, 1.807) is 19.1 Å². The van der Waals surface area contributed by atoms with Crippen LogP contribution in [0.15, 0.2) is 77.9 Å². The van der Waals surface area contributed by atoms with Crippen molar-refractivity contribution in [2.45, 2.75) is 6.92 Å². The van der Waals surface area contributed by atoms with Crippen LogP contribution in [0.1, 0.15) is 33.2 Å². The molecule has 0 saturated heterocycles. The van der Waals surface area contributed by atoms with Crippen LogP contribution < -0.4 is 10.7 Å². The van der Waals surface area contributed by atoms with Crippen molar-refractivity contribution in [1.29, 1.82) is 0 Å². The maximum atomic E-state index is 13.0. The van der Waals surface area contributed by atoms with Crippen LogP contribution in [0.5, 0.6) is 0 Å². The number of carbonyl (C=O) groups excluding carboxylic acids is 2. The molecule has 31 heavy (non-hydrogen) atoms. The maximum Gasteiger partial charge on any atom is 0.271 e. The van der Waals surface area contributed by atoms with Crippen LogP contribution in [0.4, 0.5) is 15.8 Å². The fourth-order valence-electron chi connectivity index (χ4n) is 2.62. The van der Waals surface area contributed by atoms with Gasteiger partial charge in [-0.25, -0.2) is 9.82 Å². The Hall–Kier alpha value is -4.40. The van der Waals surface area contributed by atoms with E-state index in [0.717, 1.165) is 0 Å². The van der Waals surface area contributed by atoms with Crippen LogP contribution >= 0.6 is 0 Å². The fraction of sp³-hybridized carbons (Fsp3) is 0.0455. The Morgan fingerprint density at radius 1 is 0.903 bits per heavy atom. The smallest absolute Gasteiger partial charge is 0.271 e. The van der Waals surface area contributed by atoms with Crippen molar-refractivity contribution in [3.63, 3.8) is 0 Å². The number of benzene rings is 3. The normalized spacial score (nSPS) is 11.0. The molecule has 0 unspecified atom stereocenters. The first-order valence-electron chi connectivity index (χ1n) is 9.10. The lowest BCUT2D eigenvalue weighted by Crippen LogP contribution is -2.19. The summed E-state index contributed by atoms with van der Waals surface area (Å²) < 4.78 is 13.0. The standard InChI is InChI=1S/C22H17FN4O4/c1-14(15-5-9-18(23)10-6-15)25-26-22(29)16-7-11-19(12-8-16)24-21(28)17-3-2-4-20(13-17)27(30)31/h2-13H,1H3,(H,24,28)(H,26,29). The molecule has 0 aliphatic carbocycles. The van der Waals surface area contributed by atoms with Gasteiger partial charge in [0.25, 0.3) is 17.5 Å². The SMILES string of the molecule is CC(=NNC(=O)c1ccc(NC(=O)c2cccc([N+](=O)[O-])c2)cc1)c1ccc(F)cc1. The number of hydrogen-bond donors (Lipinski definition) is 2. The largest absolute Gasteiger partial charge is 0.322 e. The molecule has 0 fully saturated rings. The van der Waals surface area contributed by atoms with Gasteiger partial charge >= 0.3 is 0 Å². The van der Waals surface area contributed by atoms with Gasteiger partial charge in [-0.05, 0) is 55.0 Å². The molecule has 0 aliphatic heterocycles. The van der Waals surface area contributed by atoms with E-state index in [4.69, 9.17) is 0 Å².